The third-order valence-electron chi connectivity index (χ3n) is 2.28. The molecule has 0 aliphatic rings. The van der Waals surface area contributed by atoms with Gasteiger partial charge in [0.05, 0.1) is 6.61 Å². The summed E-state index contributed by atoms with van der Waals surface area (Å²) in [5.41, 5.74) is 0.743. The van der Waals surface area contributed by atoms with Crippen molar-refractivity contribution in [3.63, 3.8) is 0 Å². The van der Waals surface area contributed by atoms with E-state index in [1.54, 1.807) is 24.3 Å². The number of sulfone groups is 1. The minimum Gasteiger partial charge on any atom is -0.494 e. The van der Waals surface area contributed by atoms with Gasteiger partial charge in [0, 0.05) is 11.8 Å². The van der Waals surface area contributed by atoms with Crippen LogP contribution >= 0.6 is 0 Å². The molecule has 0 amide bonds. The molecule has 0 saturated carbocycles. The van der Waals surface area contributed by atoms with Crippen molar-refractivity contribution in [3.05, 3.63) is 30.2 Å². The van der Waals surface area contributed by atoms with Crippen molar-refractivity contribution in [2.45, 2.75) is 12.7 Å². The first-order valence-electron chi connectivity index (χ1n) is 5.71. The van der Waals surface area contributed by atoms with Crippen LogP contribution < -0.4 is 4.74 Å². The van der Waals surface area contributed by atoms with Crippen LogP contribution in [0.25, 0.3) is 11.4 Å². The van der Waals surface area contributed by atoms with Crippen molar-refractivity contribution < 1.29 is 17.7 Å². The quantitative estimate of drug-likeness (QED) is 0.829. The van der Waals surface area contributed by atoms with E-state index in [0.29, 0.717) is 12.4 Å². The monoisotopic (exact) mass is 282 g/mol. The normalized spacial score (nSPS) is 11.5. The van der Waals surface area contributed by atoms with Gasteiger partial charge in [0.25, 0.3) is 0 Å². The maximum Gasteiger partial charge on any atom is 0.242 e. The van der Waals surface area contributed by atoms with E-state index >= 15 is 0 Å². The van der Waals surface area contributed by atoms with Gasteiger partial charge in [-0.2, -0.15) is 4.98 Å². The Morgan fingerprint density at radius 2 is 1.95 bits per heavy atom. The average molecular weight is 282 g/mol. The molecule has 102 valence electrons. The second-order valence-corrected chi connectivity index (χ2v) is 6.18. The summed E-state index contributed by atoms with van der Waals surface area (Å²) in [4.78, 5) is 4.04. The first kappa shape index (κ1) is 13.5. The molecule has 2 rings (SSSR count). The topological polar surface area (TPSA) is 82.3 Å². The van der Waals surface area contributed by atoms with E-state index in [2.05, 4.69) is 10.1 Å². The zero-order valence-electron chi connectivity index (χ0n) is 10.7. The van der Waals surface area contributed by atoms with Gasteiger partial charge in [-0.3, -0.25) is 0 Å². The molecule has 0 aliphatic carbocycles. The van der Waals surface area contributed by atoms with E-state index in [0.717, 1.165) is 17.6 Å². The second-order valence-electron chi connectivity index (χ2n) is 4.04. The Hall–Kier alpha value is -1.89. The standard InChI is InChI=1S/C12H14N2O4S/c1-3-17-10-6-4-9(5-7-10)12-13-11(18-14-12)8-19(2,15)16/h4-7H,3,8H2,1-2H3. The van der Waals surface area contributed by atoms with Gasteiger partial charge in [-0.15, -0.1) is 0 Å². The van der Waals surface area contributed by atoms with Crippen LogP contribution in [0.2, 0.25) is 0 Å². The molecule has 0 saturated heterocycles. The Balaban J connectivity index is 2.18. The summed E-state index contributed by atoms with van der Waals surface area (Å²) in [6.07, 6.45) is 1.12. The van der Waals surface area contributed by atoms with E-state index in [-0.39, 0.29) is 11.6 Å². The van der Waals surface area contributed by atoms with E-state index in [4.69, 9.17) is 9.26 Å². The molecule has 0 spiro atoms. The number of hydrogen-bond donors (Lipinski definition) is 0. The highest BCUT2D eigenvalue weighted by atomic mass is 32.2. The van der Waals surface area contributed by atoms with Gasteiger partial charge in [0.15, 0.2) is 9.84 Å². The smallest absolute Gasteiger partial charge is 0.242 e. The Bertz CT molecular complexity index is 647. The van der Waals surface area contributed by atoms with Gasteiger partial charge in [-0.25, -0.2) is 8.42 Å². The van der Waals surface area contributed by atoms with Gasteiger partial charge in [0.2, 0.25) is 11.7 Å². The van der Waals surface area contributed by atoms with Crippen LogP contribution in [-0.4, -0.2) is 31.4 Å². The summed E-state index contributed by atoms with van der Waals surface area (Å²) in [5.74, 6) is 0.955. The van der Waals surface area contributed by atoms with Crippen molar-refractivity contribution in [2.24, 2.45) is 0 Å². The average Bonchev–Trinajstić information content (AvgIpc) is 2.76. The molecular weight excluding hydrogens is 268 g/mol. The molecular formula is C12H14N2O4S. The molecule has 0 radical (unpaired) electrons. The van der Waals surface area contributed by atoms with Crippen molar-refractivity contribution in [1.82, 2.24) is 10.1 Å². The fraction of sp³-hybridized carbons (Fsp3) is 0.333. The Morgan fingerprint density at radius 3 is 2.53 bits per heavy atom. The summed E-state index contributed by atoms with van der Waals surface area (Å²) in [6.45, 7) is 2.50. The maximum atomic E-state index is 11.1. The number of nitrogens with zero attached hydrogens (tertiary/aromatic N) is 2. The Labute approximate surface area is 111 Å². The zero-order valence-corrected chi connectivity index (χ0v) is 11.5. The first-order chi connectivity index (χ1) is 8.98. The van der Waals surface area contributed by atoms with Gasteiger partial charge in [0.1, 0.15) is 11.5 Å². The molecule has 7 heteroatoms. The highest BCUT2D eigenvalue weighted by molar-refractivity contribution is 7.89. The summed E-state index contributed by atoms with van der Waals surface area (Å²) < 4.78 is 32.5. The predicted octanol–water partition coefficient (Wildman–Crippen LogP) is 1.68. The molecule has 0 aliphatic heterocycles. The Kier molecular flexibility index (Phi) is 3.84. The van der Waals surface area contributed by atoms with Crippen molar-refractivity contribution in [3.8, 4) is 17.1 Å². The molecule has 19 heavy (non-hydrogen) atoms. The third kappa shape index (κ3) is 3.78. The molecule has 0 N–H and O–H groups in total. The zero-order chi connectivity index (χ0) is 13.9. The maximum absolute atomic E-state index is 11.1. The molecule has 0 fully saturated rings. The number of hydrogen-bond acceptors (Lipinski definition) is 6. The van der Waals surface area contributed by atoms with E-state index in [1.807, 2.05) is 6.92 Å². The third-order valence-corrected chi connectivity index (χ3v) is 3.05. The molecule has 2 aromatic rings. The molecule has 6 nitrogen and oxygen atoms in total. The number of aromatic nitrogens is 2. The van der Waals surface area contributed by atoms with Crippen molar-refractivity contribution >= 4 is 9.84 Å². The lowest BCUT2D eigenvalue weighted by atomic mass is 10.2. The Morgan fingerprint density at radius 1 is 1.26 bits per heavy atom. The molecule has 0 bridgehead atoms. The van der Waals surface area contributed by atoms with Crippen LogP contribution in [0, 0.1) is 0 Å². The van der Waals surface area contributed by atoms with E-state index in [1.165, 1.54) is 0 Å². The number of rotatable bonds is 5. The van der Waals surface area contributed by atoms with Crippen molar-refractivity contribution in [2.75, 3.05) is 12.9 Å². The highest BCUT2D eigenvalue weighted by Gasteiger charge is 2.13. The molecule has 0 atom stereocenters. The summed E-state index contributed by atoms with van der Waals surface area (Å²) in [5, 5.41) is 3.75. The number of ether oxygens (including phenoxy) is 1. The summed E-state index contributed by atoms with van der Waals surface area (Å²) in [7, 11) is -3.18. The molecule has 1 heterocycles. The van der Waals surface area contributed by atoms with E-state index in [9.17, 15) is 8.42 Å². The minimum absolute atomic E-state index is 0.0892. The molecule has 1 aromatic carbocycles. The molecule has 0 unspecified atom stereocenters. The summed E-state index contributed by atoms with van der Waals surface area (Å²) in [6, 6.07) is 7.18. The second kappa shape index (κ2) is 5.40. The van der Waals surface area contributed by atoms with E-state index < -0.39 is 9.84 Å². The summed E-state index contributed by atoms with van der Waals surface area (Å²) >= 11 is 0. The fourth-order valence-corrected chi connectivity index (χ4v) is 2.09. The van der Waals surface area contributed by atoms with Crippen molar-refractivity contribution in [1.29, 1.82) is 0 Å². The lowest BCUT2D eigenvalue weighted by Crippen LogP contribution is -2.00. The van der Waals surface area contributed by atoms with Gasteiger partial charge < -0.3 is 9.26 Å². The first-order valence-corrected chi connectivity index (χ1v) is 7.77. The van der Waals surface area contributed by atoms with Gasteiger partial charge in [-0.05, 0) is 31.2 Å². The van der Waals surface area contributed by atoms with Crippen LogP contribution in [0.15, 0.2) is 28.8 Å². The lowest BCUT2D eigenvalue weighted by molar-refractivity contribution is 0.340. The minimum atomic E-state index is -3.18. The predicted molar refractivity (Wildman–Crippen MR) is 69.5 cm³/mol. The highest BCUT2D eigenvalue weighted by Crippen LogP contribution is 2.20. The largest absolute Gasteiger partial charge is 0.494 e. The van der Waals surface area contributed by atoms with Crippen LogP contribution in [0.3, 0.4) is 0 Å². The fourth-order valence-electron chi connectivity index (χ4n) is 1.52. The van der Waals surface area contributed by atoms with Crippen LogP contribution in [-0.2, 0) is 15.6 Å². The SMILES string of the molecule is CCOc1ccc(-c2noc(CS(C)(=O)=O)n2)cc1. The molecule has 1 aromatic heterocycles. The van der Waals surface area contributed by atoms with Gasteiger partial charge >= 0.3 is 0 Å². The van der Waals surface area contributed by atoms with Crippen LogP contribution in [0.1, 0.15) is 12.8 Å². The van der Waals surface area contributed by atoms with Crippen LogP contribution in [0.5, 0.6) is 5.75 Å². The van der Waals surface area contributed by atoms with Crippen LogP contribution in [0.4, 0.5) is 0 Å². The number of benzene rings is 1. The lowest BCUT2D eigenvalue weighted by Gasteiger charge is -2.02. The van der Waals surface area contributed by atoms with Gasteiger partial charge in [-0.1, -0.05) is 5.16 Å².